The Labute approximate surface area is 95.0 Å². The molecule has 4 nitrogen and oxygen atoms in total. The van der Waals surface area contributed by atoms with Crippen molar-refractivity contribution in [3.8, 4) is 0 Å². The molecule has 15 heavy (non-hydrogen) atoms. The second kappa shape index (κ2) is 4.51. The SMILES string of the molecule is Cn1cnc(C(CN)N2CCCC2)c1Cl. The first kappa shape index (κ1) is 10.9. The van der Waals surface area contributed by atoms with Gasteiger partial charge < -0.3 is 10.3 Å². The van der Waals surface area contributed by atoms with Gasteiger partial charge in [0.1, 0.15) is 5.15 Å². The molecule has 1 fully saturated rings. The first-order valence-corrected chi connectivity index (χ1v) is 5.72. The van der Waals surface area contributed by atoms with Crippen molar-refractivity contribution in [2.75, 3.05) is 19.6 Å². The molecule has 0 saturated carbocycles. The molecule has 1 atom stereocenters. The van der Waals surface area contributed by atoms with Crippen LogP contribution in [0.5, 0.6) is 0 Å². The highest BCUT2D eigenvalue weighted by atomic mass is 35.5. The number of likely N-dealkylation sites (tertiary alicyclic amines) is 1. The summed E-state index contributed by atoms with van der Waals surface area (Å²) >= 11 is 6.18. The van der Waals surface area contributed by atoms with E-state index in [-0.39, 0.29) is 6.04 Å². The first-order chi connectivity index (χ1) is 7.24. The summed E-state index contributed by atoms with van der Waals surface area (Å²) in [4.78, 5) is 6.71. The summed E-state index contributed by atoms with van der Waals surface area (Å²) < 4.78 is 1.83. The molecule has 0 spiro atoms. The van der Waals surface area contributed by atoms with Crippen molar-refractivity contribution in [1.82, 2.24) is 14.5 Å². The molecule has 1 aliphatic rings. The summed E-state index contributed by atoms with van der Waals surface area (Å²) in [6.07, 6.45) is 4.25. The second-order valence-corrected chi connectivity index (χ2v) is 4.38. The Morgan fingerprint density at radius 3 is 2.67 bits per heavy atom. The summed E-state index contributed by atoms with van der Waals surface area (Å²) in [6.45, 7) is 2.79. The number of nitrogens with zero attached hydrogens (tertiary/aromatic N) is 3. The second-order valence-electron chi connectivity index (χ2n) is 4.03. The minimum atomic E-state index is 0.182. The van der Waals surface area contributed by atoms with Crippen molar-refractivity contribution in [3.05, 3.63) is 17.2 Å². The van der Waals surface area contributed by atoms with Gasteiger partial charge in [-0.2, -0.15) is 0 Å². The van der Waals surface area contributed by atoms with E-state index in [1.807, 2.05) is 11.6 Å². The first-order valence-electron chi connectivity index (χ1n) is 5.35. The molecule has 5 heteroatoms. The molecule has 0 bridgehead atoms. The summed E-state index contributed by atoms with van der Waals surface area (Å²) in [5.41, 5.74) is 6.73. The smallest absolute Gasteiger partial charge is 0.133 e. The highest BCUT2D eigenvalue weighted by Gasteiger charge is 2.26. The number of aromatic nitrogens is 2. The van der Waals surface area contributed by atoms with Gasteiger partial charge in [-0.25, -0.2) is 4.98 Å². The molecular weight excluding hydrogens is 212 g/mol. The van der Waals surface area contributed by atoms with E-state index in [2.05, 4.69) is 9.88 Å². The topological polar surface area (TPSA) is 47.1 Å². The average Bonchev–Trinajstić information content (AvgIpc) is 2.84. The molecule has 2 N–H and O–H groups in total. The standard InChI is InChI=1S/C10H17ClN4/c1-14-7-13-9(10(14)11)8(6-12)15-4-2-3-5-15/h7-8H,2-6,12H2,1H3. The summed E-state index contributed by atoms with van der Waals surface area (Å²) in [5.74, 6) is 0. The maximum absolute atomic E-state index is 6.18. The van der Waals surface area contributed by atoms with Gasteiger partial charge in [0.05, 0.1) is 18.1 Å². The fourth-order valence-corrected chi connectivity index (χ4v) is 2.36. The van der Waals surface area contributed by atoms with Crippen LogP contribution in [0.4, 0.5) is 0 Å². The van der Waals surface area contributed by atoms with Crippen molar-refractivity contribution in [2.45, 2.75) is 18.9 Å². The molecule has 0 aromatic carbocycles. The molecule has 84 valence electrons. The van der Waals surface area contributed by atoms with Crippen LogP contribution in [-0.4, -0.2) is 34.1 Å². The van der Waals surface area contributed by atoms with E-state index in [4.69, 9.17) is 17.3 Å². The maximum Gasteiger partial charge on any atom is 0.133 e. The number of rotatable bonds is 3. The van der Waals surface area contributed by atoms with Gasteiger partial charge in [-0.3, -0.25) is 4.90 Å². The van der Waals surface area contributed by atoms with Gasteiger partial charge in [0.15, 0.2) is 0 Å². The van der Waals surface area contributed by atoms with Crippen molar-refractivity contribution in [3.63, 3.8) is 0 Å². The molecule has 0 aliphatic carbocycles. The zero-order chi connectivity index (χ0) is 10.8. The third-order valence-electron chi connectivity index (χ3n) is 3.01. The molecule has 1 aliphatic heterocycles. The lowest BCUT2D eigenvalue weighted by Crippen LogP contribution is -2.31. The third kappa shape index (κ3) is 2.02. The van der Waals surface area contributed by atoms with Gasteiger partial charge in [-0.1, -0.05) is 11.6 Å². The molecular formula is C10H17ClN4. The quantitative estimate of drug-likeness (QED) is 0.845. The summed E-state index contributed by atoms with van der Waals surface area (Å²) in [6, 6.07) is 0.182. The molecule has 2 rings (SSSR count). The van der Waals surface area contributed by atoms with Crippen LogP contribution in [0.2, 0.25) is 5.15 Å². The number of nitrogens with two attached hydrogens (primary N) is 1. The third-order valence-corrected chi connectivity index (χ3v) is 3.47. The van der Waals surface area contributed by atoms with Gasteiger partial charge in [0.25, 0.3) is 0 Å². The number of aryl methyl sites for hydroxylation is 1. The molecule has 1 saturated heterocycles. The monoisotopic (exact) mass is 228 g/mol. The fourth-order valence-electron chi connectivity index (χ4n) is 2.14. The highest BCUT2D eigenvalue weighted by Crippen LogP contribution is 2.27. The van der Waals surface area contributed by atoms with E-state index in [1.165, 1.54) is 12.8 Å². The predicted molar refractivity (Wildman–Crippen MR) is 60.8 cm³/mol. The van der Waals surface area contributed by atoms with Gasteiger partial charge in [0.2, 0.25) is 0 Å². The Morgan fingerprint density at radius 2 is 2.20 bits per heavy atom. The van der Waals surface area contributed by atoms with Crippen LogP contribution in [0.3, 0.4) is 0 Å². The zero-order valence-corrected chi connectivity index (χ0v) is 9.74. The Bertz CT molecular complexity index is 330. The largest absolute Gasteiger partial charge is 0.329 e. The molecule has 1 aromatic rings. The molecule has 1 unspecified atom stereocenters. The number of imidazole rings is 1. The van der Waals surface area contributed by atoms with Crippen molar-refractivity contribution in [2.24, 2.45) is 12.8 Å². The number of hydrogen-bond donors (Lipinski definition) is 1. The van der Waals surface area contributed by atoms with E-state index < -0.39 is 0 Å². The van der Waals surface area contributed by atoms with Crippen LogP contribution in [-0.2, 0) is 7.05 Å². The van der Waals surface area contributed by atoms with E-state index in [9.17, 15) is 0 Å². The predicted octanol–water partition coefficient (Wildman–Crippen LogP) is 1.17. The van der Waals surface area contributed by atoms with Crippen LogP contribution < -0.4 is 5.73 Å². The van der Waals surface area contributed by atoms with E-state index in [1.54, 1.807) is 6.33 Å². The molecule has 0 radical (unpaired) electrons. The minimum absolute atomic E-state index is 0.182. The minimum Gasteiger partial charge on any atom is -0.329 e. The molecule has 0 amide bonds. The van der Waals surface area contributed by atoms with Crippen LogP contribution >= 0.6 is 11.6 Å². The maximum atomic E-state index is 6.18. The van der Waals surface area contributed by atoms with Gasteiger partial charge >= 0.3 is 0 Å². The lowest BCUT2D eigenvalue weighted by atomic mass is 10.2. The van der Waals surface area contributed by atoms with Crippen LogP contribution in [0, 0.1) is 0 Å². The number of halogens is 1. The fraction of sp³-hybridized carbons (Fsp3) is 0.700. The van der Waals surface area contributed by atoms with Gasteiger partial charge in [-0.15, -0.1) is 0 Å². The van der Waals surface area contributed by atoms with Gasteiger partial charge in [-0.05, 0) is 25.9 Å². The Kier molecular flexibility index (Phi) is 3.29. The number of hydrogen-bond acceptors (Lipinski definition) is 3. The summed E-state index contributed by atoms with van der Waals surface area (Å²) in [7, 11) is 1.90. The lowest BCUT2D eigenvalue weighted by molar-refractivity contribution is 0.247. The average molecular weight is 229 g/mol. The molecule has 2 heterocycles. The Hall–Kier alpha value is -0.580. The molecule has 1 aromatic heterocycles. The van der Waals surface area contributed by atoms with E-state index in [0.29, 0.717) is 11.7 Å². The van der Waals surface area contributed by atoms with E-state index >= 15 is 0 Å². The van der Waals surface area contributed by atoms with Crippen LogP contribution in [0.1, 0.15) is 24.6 Å². The zero-order valence-electron chi connectivity index (χ0n) is 8.99. The van der Waals surface area contributed by atoms with Gasteiger partial charge in [0, 0.05) is 13.6 Å². The van der Waals surface area contributed by atoms with Crippen molar-refractivity contribution >= 4 is 11.6 Å². The normalized spacial score (nSPS) is 19.7. The highest BCUT2D eigenvalue weighted by molar-refractivity contribution is 6.30. The van der Waals surface area contributed by atoms with Crippen LogP contribution in [0.25, 0.3) is 0 Å². The lowest BCUT2D eigenvalue weighted by Gasteiger charge is -2.24. The van der Waals surface area contributed by atoms with Crippen molar-refractivity contribution < 1.29 is 0 Å². The van der Waals surface area contributed by atoms with E-state index in [0.717, 1.165) is 18.8 Å². The Morgan fingerprint density at radius 1 is 1.53 bits per heavy atom. The van der Waals surface area contributed by atoms with Crippen molar-refractivity contribution in [1.29, 1.82) is 0 Å². The van der Waals surface area contributed by atoms with Crippen LogP contribution in [0.15, 0.2) is 6.33 Å². The summed E-state index contributed by atoms with van der Waals surface area (Å²) in [5, 5.41) is 0.706. The Balaban J connectivity index is 2.22.